The number of hydrogen-bond acceptors (Lipinski definition) is 2. The van der Waals surface area contributed by atoms with Crippen molar-refractivity contribution in [3.8, 4) is 0 Å². The van der Waals surface area contributed by atoms with E-state index in [-0.39, 0.29) is 11.3 Å². The lowest BCUT2D eigenvalue weighted by molar-refractivity contribution is 0.0944. The molecule has 1 saturated carbocycles. The van der Waals surface area contributed by atoms with Crippen molar-refractivity contribution in [3.63, 3.8) is 0 Å². The molecule has 1 aromatic heterocycles. The molecule has 0 bridgehead atoms. The Hall–Kier alpha value is -2.10. The number of carbonyl (C=O) groups excluding carboxylic acids is 1. The minimum absolute atomic E-state index is 0.105. The predicted octanol–water partition coefficient (Wildman–Crippen LogP) is 2.18. The predicted molar refractivity (Wildman–Crippen MR) is 73.0 cm³/mol. The SMILES string of the molecule is Cc1cc(C(=O)NCC2(c3ccccc3)CC2)n[nH]1. The number of nitrogens with zero attached hydrogens (tertiary/aromatic N) is 1. The topological polar surface area (TPSA) is 57.8 Å². The Morgan fingerprint density at radius 3 is 2.68 bits per heavy atom. The highest BCUT2D eigenvalue weighted by atomic mass is 16.1. The fourth-order valence-corrected chi connectivity index (χ4v) is 2.38. The Bertz CT molecular complexity index is 584. The van der Waals surface area contributed by atoms with Crippen molar-refractivity contribution in [2.24, 2.45) is 0 Å². The molecule has 2 aromatic rings. The molecule has 0 atom stereocenters. The van der Waals surface area contributed by atoms with E-state index in [0.717, 1.165) is 18.5 Å². The number of carbonyl (C=O) groups is 1. The van der Waals surface area contributed by atoms with Gasteiger partial charge in [0.2, 0.25) is 0 Å². The van der Waals surface area contributed by atoms with Crippen LogP contribution in [0.5, 0.6) is 0 Å². The molecule has 19 heavy (non-hydrogen) atoms. The van der Waals surface area contributed by atoms with Crippen LogP contribution in [-0.2, 0) is 5.41 Å². The Morgan fingerprint density at radius 2 is 2.11 bits per heavy atom. The summed E-state index contributed by atoms with van der Waals surface area (Å²) in [4.78, 5) is 12.0. The molecule has 1 aliphatic carbocycles. The van der Waals surface area contributed by atoms with E-state index in [1.165, 1.54) is 5.56 Å². The van der Waals surface area contributed by atoms with Gasteiger partial charge in [0.1, 0.15) is 5.69 Å². The second kappa shape index (κ2) is 4.53. The third-order valence-electron chi connectivity index (χ3n) is 3.77. The Kier molecular flexibility index (Phi) is 2.85. The summed E-state index contributed by atoms with van der Waals surface area (Å²) in [6, 6.07) is 12.2. The van der Waals surface area contributed by atoms with E-state index in [1.54, 1.807) is 6.07 Å². The largest absolute Gasteiger partial charge is 0.350 e. The van der Waals surface area contributed by atoms with Crippen molar-refractivity contribution in [2.75, 3.05) is 6.54 Å². The fraction of sp³-hybridized carbons (Fsp3) is 0.333. The van der Waals surface area contributed by atoms with Crippen LogP contribution in [0.3, 0.4) is 0 Å². The van der Waals surface area contributed by atoms with Crippen LogP contribution in [0.25, 0.3) is 0 Å². The number of amides is 1. The lowest BCUT2D eigenvalue weighted by Gasteiger charge is -2.16. The number of hydrogen-bond donors (Lipinski definition) is 2. The van der Waals surface area contributed by atoms with Crippen LogP contribution in [-0.4, -0.2) is 22.6 Å². The molecule has 1 aliphatic rings. The zero-order valence-electron chi connectivity index (χ0n) is 10.9. The first-order valence-electron chi connectivity index (χ1n) is 6.55. The molecule has 2 N–H and O–H groups in total. The van der Waals surface area contributed by atoms with Crippen molar-refractivity contribution < 1.29 is 4.79 Å². The monoisotopic (exact) mass is 255 g/mol. The van der Waals surface area contributed by atoms with Crippen LogP contribution in [0.15, 0.2) is 36.4 Å². The zero-order valence-corrected chi connectivity index (χ0v) is 10.9. The summed E-state index contributed by atoms with van der Waals surface area (Å²) in [6.07, 6.45) is 2.27. The molecule has 1 fully saturated rings. The molecule has 98 valence electrons. The normalized spacial score (nSPS) is 16.1. The summed E-state index contributed by atoms with van der Waals surface area (Å²) in [7, 11) is 0. The molecular formula is C15H17N3O. The Morgan fingerprint density at radius 1 is 1.37 bits per heavy atom. The molecule has 0 spiro atoms. The summed E-state index contributed by atoms with van der Waals surface area (Å²) in [5.74, 6) is -0.105. The number of H-pyrrole nitrogens is 1. The van der Waals surface area contributed by atoms with Gasteiger partial charge in [0.25, 0.3) is 5.91 Å². The van der Waals surface area contributed by atoms with Gasteiger partial charge in [-0.2, -0.15) is 5.10 Å². The van der Waals surface area contributed by atoms with Gasteiger partial charge in [0.05, 0.1) is 0 Å². The van der Waals surface area contributed by atoms with Gasteiger partial charge in [0, 0.05) is 17.7 Å². The van der Waals surface area contributed by atoms with E-state index in [0.29, 0.717) is 12.2 Å². The quantitative estimate of drug-likeness (QED) is 0.879. The molecule has 1 heterocycles. The molecule has 1 amide bonds. The third-order valence-corrected chi connectivity index (χ3v) is 3.77. The minimum Gasteiger partial charge on any atom is -0.350 e. The molecule has 4 nitrogen and oxygen atoms in total. The van der Waals surface area contributed by atoms with Crippen molar-refractivity contribution in [2.45, 2.75) is 25.2 Å². The van der Waals surface area contributed by atoms with Gasteiger partial charge < -0.3 is 5.32 Å². The molecular weight excluding hydrogens is 238 g/mol. The van der Waals surface area contributed by atoms with E-state index >= 15 is 0 Å². The fourth-order valence-electron chi connectivity index (χ4n) is 2.38. The highest BCUT2D eigenvalue weighted by Crippen LogP contribution is 2.47. The highest BCUT2D eigenvalue weighted by molar-refractivity contribution is 5.92. The van der Waals surface area contributed by atoms with Crippen molar-refractivity contribution in [3.05, 3.63) is 53.3 Å². The first-order valence-corrected chi connectivity index (χ1v) is 6.55. The summed E-state index contributed by atoms with van der Waals surface area (Å²) in [5.41, 5.74) is 2.81. The van der Waals surface area contributed by atoms with Crippen LogP contribution >= 0.6 is 0 Å². The number of aromatic amines is 1. The highest BCUT2D eigenvalue weighted by Gasteiger charge is 2.44. The summed E-state index contributed by atoms with van der Waals surface area (Å²) in [6.45, 7) is 2.57. The molecule has 0 aliphatic heterocycles. The summed E-state index contributed by atoms with van der Waals surface area (Å²) >= 11 is 0. The number of aromatic nitrogens is 2. The maximum absolute atomic E-state index is 12.0. The molecule has 0 saturated heterocycles. The summed E-state index contributed by atoms with van der Waals surface area (Å²) < 4.78 is 0. The van der Waals surface area contributed by atoms with Crippen molar-refractivity contribution >= 4 is 5.91 Å². The maximum Gasteiger partial charge on any atom is 0.271 e. The van der Waals surface area contributed by atoms with Crippen LogP contribution < -0.4 is 5.32 Å². The van der Waals surface area contributed by atoms with Gasteiger partial charge in [-0.05, 0) is 31.4 Å². The summed E-state index contributed by atoms with van der Waals surface area (Å²) in [5, 5.41) is 9.75. The van der Waals surface area contributed by atoms with E-state index < -0.39 is 0 Å². The molecule has 0 radical (unpaired) electrons. The average Bonchev–Trinajstić information content (AvgIpc) is 3.12. The van der Waals surface area contributed by atoms with E-state index in [1.807, 2.05) is 25.1 Å². The second-order valence-electron chi connectivity index (χ2n) is 5.27. The van der Waals surface area contributed by atoms with Gasteiger partial charge in [-0.15, -0.1) is 0 Å². The number of benzene rings is 1. The Balaban J connectivity index is 1.65. The van der Waals surface area contributed by atoms with Crippen LogP contribution in [0.2, 0.25) is 0 Å². The number of rotatable bonds is 4. The van der Waals surface area contributed by atoms with Crippen LogP contribution in [0.4, 0.5) is 0 Å². The molecule has 1 aromatic carbocycles. The maximum atomic E-state index is 12.0. The van der Waals surface area contributed by atoms with Crippen LogP contribution in [0.1, 0.15) is 34.6 Å². The smallest absolute Gasteiger partial charge is 0.271 e. The second-order valence-corrected chi connectivity index (χ2v) is 5.27. The molecule has 3 rings (SSSR count). The lowest BCUT2D eigenvalue weighted by Crippen LogP contribution is -2.32. The average molecular weight is 255 g/mol. The van der Waals surface area contributed by atoms with Crippen molar-refractivity contribution in [1.29, 1.82) is 0 Å². The third kappa shape index (κ3) is 2.38. The van der Waals surface area contributed by atoms with Crippen molar-refractivity contribution in [1.82, 2.24) is 15.5 Å². The number of aryl methyl sites for hydroxylation is 1. The lowest BCUT2D eigenvalue weighted by atomic mass is 9.96. The van der Waals surface area contributed by atoms with Crippen LogP contribution in [0, 0.1) is 6.92 Å². The van der Waals surface area contributed by atoms with E-state index in [2.05, 4.69) is 27.6 Å². The standard InChI is InChI=1S/C15H17N3O/c1-11-9-13(18-17-11)14(19)16-10-15(7-8-15)12-5-3-2-4-6-12/h2-6,9H,7-8,10H2,1H3,(H,16,19)(H,17,18). The van der Waals surface area contributed by atoms with Gasteiger partial charge in [-0.3, -0.25) is 9.89 Å². The van der Waals surface area contributed by atoms with Gasteiger partial charge in [0.15, 0.2) is 0 Å². The molecule has 4 heteroatoms. The Labute approximate surface area is 112 Å². The first-order chi connectivity index (χ1) is 9.20. The van der Waals surface area contributed by atoms with E-state index in [4.69, 9.17) is 0 Å². The zero-order chi connectivity index (χ0) is 13.3. The van der Waals surface area contributed by atoms with Gasteiger partial charge >= 0.3 is 0 Å². The first kappa shape index (κ1) is 12.0. The minimum atomic E-state index is -0.105. The van der Waals surface area contributed by atoms with Gasteiger partial charge in [-0.25, -0.2) is 0 Å². The molecule has 0 unspecified atom stereocenters. The van der Waals surface area contributed by atoms with E-state index in [9.17, 15) is 4.79 Å². The van der Waals surface area contributed by atoms with Gasteiger partial charge in [-0.1, -0.05) is 30.3 Å². The number of nitrogens with one attached hydrogen (secondary N) is 2.